The molecule has 1 aliphatic rings. The second kappa shape index (κ2) is 7.28. The Balaban J connectivity index is 2.15. The van der Waals surface area contributed by atoms with E-state index in [0.717, 1.165) is 8.98 Å². The number of nitrogens with one attached hydrogen (secondary N) is 1. The number of nitrogens with zero attached hydrogens (tertiary/aromatic N) is 3. The van der Waals surface area contributed by atoms with Gasteiger partial charge < -0.3 is 5.32 Å². The van der Waals surface area contributed by atoms with Crippen LogP contribution in [0.5, 0.6) is 0 Å². The lowest BCUT2D eigenvalue weighted by Gasteiger charge is -2.17. The number of benzene rings is 1. The molecule has 0 saturated heterocycles. The van der Waals surface area contributed by atoms with E-state index in [9.17, 15) is 17.7 Å². The number of hydrogen-bond acceptors (Lipinski definition) is 5. The maximum atomic E-state index is 14.3. The fourth-order valence-corrected chi connectivity index (χ4v) is 4.46. The average molecular weight is 378 g/mol. The first-order valence-corrected chi connectivity index (χ1v) is 9.56. The number of nitroso groups, excluding NO2 is 1. The molecule has 138 valence electrons. The van der Waals surface area contributed by atoms with Gasteiger partial charge >= 0.3 is 0 Å². The molecule has 0 saturated carbocycles. The zero-order valence-electron chi connectivity index (χ0n) is 14.2. The first kappa shape index (κ1) is 18.1. The number of hydrogen-bond donors (Lipinski definition) is 1. The second-order valence-electron chi connectivity index (χ2n) is 6.08. The quantitative estimate of drug-likeness (QED) is 0.617. The third-order valence-corrected chi connectivity index (χ3v) is 5.95. The van der Waals surface area contributed by atoms with Crippen molar-refractivity contribution >= 4 is 10.0 Å². The van der Waals surface area contributed by atoms with Crippen molar-refractivity contribution in [2.45, 2.75) is 19.4 Å². The summed E-state index contributed by atoms with van der Waals surface area (Å²) in [6.07, 6.45) is 4.01. The molecule has 0 atom stereocenters. The van der Waals surface area contributed by atoms with Crippen LogP contribution in [0.25, 0.3) is 11.3 Å². The van der Waals surface area contributed by atoms with Crippen LogP contribution in [-0.2, 0) is 16.6 Å². The highest BCUT2D eigenvalue weighted by molar-refractivity contribution is 7.93. The Morgan fingerprint density at radius 1 is 1.35 bits per heavy atom. The normalized spacial score (nSPS) is 14.5. The first-order valence-electron chi connectivity index (χ1n) is 8.12. The van der Waals surface area contributed by atoms with Crippen molar-refractivity contribution in [1.82, 2.24) is 14.3 Å². The van der Waals surface area contributed by atoms with E-state index in [1.54, 1.807) is 18.2 Å². The van der Waals surface area contributed by atoms with Crippen molar-refractivity contribution < 1.29 is 12.8 Å². The molecule has 0 aliphatic carbocycles. The highest BCUT2D eigenvalue weighted by atomic mass is 32.2. The Morgan fingerprint density at radius 3 is 2.77 bits per heavy atom. The van der Waals surface area contributed by atoms with Crippen molar-refractivity contribution in [3.05, 3.63) is 63.9 Å². The van der Waals surface area contributed by atoms with E-state index in [4.69, 9.17) is 0 Å². The van der Waals surface area contributed by atoms with E-state index in [1.165, 1.54) is 31.6 Å². The Kier molecular flexibility index (Phi) is 5.08. The van der Waals surface area contributed by atoms with Gasteiger partial charge in [0.15, 0.2) is 0 Å². The number of aromatic nitrogens is 1. The monoisotopic (exact) mass is 378 g/mol. The summed E-state index contributed by atoms with van der Waals surface area (Å²) in [7, 11) is -2.38. The molecule has 0 unspecified atom stereocenters. The van der Waals surface area contributed by atoms with Gasteiger partial charge in [0, 0.05) is 31.6 Å². The van der Waals surface area contributed by atoms with Crippen molar-refractivity contribution in [2.75, 3.05) is 13.6 Å². The molecule has 0 spiro atoms. The zero-order valence-corrected chi connectivity index (χ0v) is 15.0. The van der Waals surface area contributed by atoms with Crippen molar-refractivity contribution in [3.8, 4) is 11.3 Å². The van der Waals surface area contributed by atoms with Crippen LogP contribution in [0.3, 0.4) is 0 Å². The van der Waals surface area contributed by atoms with Gasteiger partial charge in [-0.3, -0.25) is 5.01 Å². The minimum absolute atomic E-state index is 0.116. The lowest BCUT2D eigenvalue weighted by atomic mass is 10.1. The van der Waals surface area contributed by atoms with Gasteiger partial charge in [0.2, 0.25) is 0 Å². The second-order valence-corrected chi connectivity index (χ2v) is 7.95. The topological polar surface area (TPSA) is 83.8 Å². The van der Waals surface area contributed by atoms with Crippen LogP contribution in [-0.4, -0.2) is 31.0 Å². The largest absolute Gasteiger partial charge is 0.390 e. The van der Waals surface area contributed by atoms with E-state index >= 15 is 0 Å². The lowest BCUT2D eigenvalue weighted by Crippen LogP contribution is -2.22. The smallest absolute Gasteiger partial charge is 0.265 e. The van der Waals surface area contributed by atoms with Crippen LogP contribution in [0.4, 0.5) is 4.39 Å². The SMILES string of the molecule is CN(Cc1cc(-c2ccccc2F)n(S(=O)(=O)C2=CNCCC2)c1)N=O. The van der Waals surface area contributed by atoms with Gasteiger partial charge in [-0.15, -0.1) is 4.91 Å². The summed E-state index contributed by atoms with van der Waals surface area (Å²) in [4.78, 5) is 10.9. The van der Waals surface area contributed by atoms with Crippen molar-refractivity contribution in [1.29, 1.82) is 0 Å². The minimum Gasteiger partial charge on any atom is -0.390 e. The van der Waals surface area contributed by atoms with Crippen LogP contribution in [0.2, 0.25) is 0 Å². The molecule has 2 aromatic rings. The number of rotatable bonds is 6. The Hall–Kier alpha value is -2.68. The van der Waals surface area contributed by atoms with Crippen molar-refractivity contribution in [3.63, 3.8) is 0 Å². The van der Waals surface area contributed by atoms with Gasteiger partial charge in [0.25, 0.3) is 10.0 Å². The van der Waals surface area contributed by atoms with Crippen LogP contribution in [0.15, 0.2) is 52.9 Å². The summed E-state index contributed by atoms with van der Waals surface area (Å²) in [6, 6.07) is 7.55. The number of halogens is 1. The summed E-state index contributed by atoms with van der Waals surface area (Å²) < 4.78 is 41.6. The summed E-state index contributed by atoms with van der Waals surface area (Å²) in [5.41, 5.74) is 0.926. The molecule has 0 amide bonds. The molecule has 0 bridgehead atoms. The molecule has 3 rings (SSSR count). The van der Waals surface area contributed by atoms with Crippen LogP contribution in [0, 0.1) is 10.7 Å². The molecule has 0 radical (unpaired) electrons. The Bertz CT molecular complexity index is 953. The summed E-state index contributed by atoms with van der Waals surface area (Å²) >= 11 is 0. The number of allylic oxidation sites excluding steroid dienone is 1. The average Bonchev–Trinajstić information content (AvgIpc) is 3.07. The minimum atomic E-state index is -3.86. The highest BCUT2D eigenvalue weighted by Crippen LogP contribution is 2.30. The van der Waals surface area contributed by atoms with E-state index in [-0.39, 0.29) is 22.7 Å². The summed E-state index contributed by atoms with van der Waals surface area (Å²) in [6.45, 7) is 0.830. The van der Waals surface area contributed by atoms with Gasteiger partial charge in [-0.25, -0.2) is 16.8 Å². The van der Waals surface area contributed by atoms with Crippen LogP contribution >= 0.6 is 0 Å². The molecule has 1 aromatic carbocycles. The molecule has 1 aliphatic heterocycles. The first-order chi connectivity index (χ1) is 12.4. The standard InChI is InChI=1S/C17H19FN4O3S/c1-21(20-23)11-13-9-17(15-6-2-3-7-16(15)18)22(12-13)26(24,25)14-5-4-8-19-10-14/h2-3,6-7,9-10,12,19H,4-5,8,11H2,1H3. The van der Waals surface area contributed by atoms with Gasteiger partial charge in [0.1, 0.15) is 5.82 Å². The van der Waals surface area contributed by atoms with E-state index in [1.807, 2.05) is 0 Å². The van der Waals surface area contributed by atoms with Gasteiger partial charge in [-0.2, -0.15) is 0 Å². The summed E-state index contributed by atoms with van der Waals surface area (Å²) in [5.74, 6) is -0.522. The van der Waals surface area contributed by atoms with E-state index < -0.39 is 15.8 Å². The van der Waals surface area contributed by atoms with Gasteiger partial charge in [-0.1, -0.05) is 12.1 Å². The molecule has 0 fully saturated rings. The molecule has 26 heavy (non-hydrogen) atoms. The van der Waals surface area contributed by atoms with Crippen LogP contribution in [0.1, 0.15) is 18.4 Å². The predicted octanol–water partition coefficient (Wildman–Crippen LogP) is 2.81. The predicted molar refractivity (Wildman–Crippen MR) is 96.7 cm³/mol. The lowest BCUT2D eigenvalue weighted by molar-refractivity contribution is 0.342. The van der Waals surface area contributed by atoms with E-state index in [0.29, 0.717) is 24.9 Å². The molecule has 7 nitrogen and oxygen atoms in total. The Morgan fingerprint density at radius 2 is 2.12 bits per heavy atom. The fraction of sp³-hybridized carbons (Fsp3) is 0.294. The molecule has 1 aromatic heterocycles. The van der Waals surface area contributed by atoms with Gasteiger partial charge in [0.05, 0.1) is 22.4 Å². The third-order valence-electron chi connectivity index (χ3n) is 4.14. The van der Waals surface area contributed by atoms with Crippen LogP contribution < -0.4 is 5.32 Å². The molecule has 9 heteroatoms. The van der Waals surface area contributed by atoms with Gasteiger partial charge in [-0.05, 0) is 36.6 Å². The molecular formula is C17H19FN4O3S. The molecule has 1 N–H and O–H groups in total. The fourth-order valence-electron chi connectivity index (χ4n) is 2.89. The highest BCUT2D eigenvalue weighted by Gasteiger charge is 2.26. The third kappa shape index (κ3) is 3.48. The zero-order chi connectivity index (χ0) is 18.7. The summed E-state index contributed by atoms with van der Waals surface area (Å²) in [5, 5.41) is 6.87. The maximum Gasteiger partial charge on any atom is 0.265 e. The molecule has 2 heterocycles. The molecular weight excluding hydrogens is 359 g/mol. The maximum absolute atomic E-state index is 14.3. The van der Waals surface area contributed by atoms with Crippen molar-refractivity contribution in [2.24, 2.45) is 5.29 Å². The Labute approximate surface area is 151 Å². The van der Waals surface area contributed by atoms with E-state index in [2.05, 4.69) is 10.6 Å².